The molecule has 0 unspecified atom stereocenters. The molecule has 0 spiro atoms. The van der Waals surface area contributed by atoms with Crippen molar-refractivity contribution in [3.05, 3.63) is 30.1 Å². The Morgan fingerprint density at radius 1 is 1.17 bits per heavy atom. The van der Waals surface area contributed by atoms with Gasteiger partial charge in [-0.05, 0) is 25.0 Å². The molecule has 1 aromatic carbocycles. The molecule has 3 nitrogen and oxygen atoms in total. The average molecular weight is 246 g/mol. The third-order valence-electron chi connectivity index (χ3n) is 3.28. The summed E-state index contributed by atoms with van der Waals surface area (Å²) >= 11 is 0. The number of fused-ring (bicyclic) bond motifs is 1. The molecule has 0 bridgehead atoms. The number of imidazole rings is 1. The van der Waals surface area contributed by atoms with Gasteiger partial charge in [-0.2, -0.15) is 0 Å². The fourth-order valence-electron chi connectivity index (χ4n) is 2.32. The first-order chi connectivity index (χ1) is 8.86. The van der Waals surface area contributed by atoms with E-state index < -0.39 is 0 Å². The Hall–Kier alpha value is -1.35. The number of unbranched alkanes of at least 4 members (excludes halogenated alkanes) is 2. The summed E-state index contributed by atoms with van der Waals surface area (Å²) in [4.78, 5) is 4.68. The van der Waals surface area contributed by atoms with Crippen molar-refractivity contribution in [1.82, 2.24) is 9.55 Å². The number of aliphatic hydroxyl groups excluding tert-OH is 1. The van der Waals surface area contributed by atoms with Gasteiger partial charge in [0, 0.05) is 19.6 Å². The number of hydrogen-bond acceptors (Lipinski definition) is 2. The Morgan fingerprint density at radius 3 is 2.78 bits per heavy atom. The molecule has 2 rings (SSSR count). The summed E-state index contributed by atoms with van der Waals surface area (Å²) in [7, 11) is 0. The monoisotopic (exact) mass is 246 g/mol. The van der Waals surface area contributed by atoms with Crippen molar-refractivity contribution in [2.24, 2.45) is 0 Å². The minimum atomic E-state index is 0.234. The highest BCUT2D eigenvalue weighted by Crippen LogP contribution is 2.18. The van der Waals surface area contributed by atoms with Gasteiger partial charge in [0.2, 0.25) is 0 Å². The summed E-state index contributed by atoms with van der Waals surface area (Å²) < 4.78 is 2.32. The van der Waals surface area contributed by atoms with E-state index >= 15 is 0 Å². The van der Waals surface area contributed by atoms with Gasteiger partial charge in [-0.25, -0.2) is 4.98 Å². The van der Waals surface area contributed by atoms with E-state index in [1.807, 2.05) is 6.07 Å². The van der Waals surface area contributed by atoms with Crippen molar-refractivity contribution in [2.75, 3.05) is 6.61 Å². The van der Waals surface area contributed by atoms with Crippen LogP contribution in [0.2, 0.25) is 0 Å². The first kappa shape index (κ1) is 13.1. The Morgan fingerprint density at radius 2 is 2.00 bits per heavy atom. The molecule has 1 aromatic heterocycles. The topological polar surface area (TPSA) is 38.0 Å². The van der Waals surface area contributed by atoms with Crippen LogP contribution in [0.1, 0.15) is 38.4 Å². The highest BCUT2D eigenvalue weighted by atomic mass is 16.2. The molecule has 0 fully saturated rings. The second-order valence-electron chi connectivity index (χ2n) is 4.70. The maximum Gasteiger partial charge on any atom is 0.109 e. The Bertz CT molecular complexity index is 490. The Balaban J connectivity index is 2.25. The maximum atomic E-state index is 8.97. The summed E-state index contributed by atoms with van der Waals surface area (Å²) in [6, 6.07) is 8.29. The van der Waals surface area contributed by atoms with Gasteiger partial charge in [-0.1, -0.05) is 31.9 Å². The quantitative estimate of drug-likeness (QED) is 0.762. The number of aryl methyl sites for hydroxylation is 2. The van der Waals surface area contributed by atoms with Gasteiger partial charge in [-0.3, -0.25) is 0 Å². The third kappa shape index (κ3) is 2.91. The minimum Gasteiger partial charge on any atom is -0.396 e. The van der Waals surface area contributed by atoms with Crippen LogP contribution >= 0.6 is 0 Å². The van der Waals surface area contributed by atoms with E-state index in [2.05, 4.69) is 34.7 Å². The van der Waals surface area contributed by atoms with Crippen molar-refractivity contribution in [3.63, 3.8) is 0 Å². The molecule has 1 heterocycles. The van der Waals surface area contributed by atoms with Crippen molar-refractivity contribution in [3.8, 4) is 0 Å². The van der Waals surface area contributed by atoms with Crippen LogP contribution in [0.5, 0.6) is 0 Å². The van der Waals surface area contributed by atoms with E-state index in [1.54, 1.807) is 0 Å². The van der Waals surface area contributed by atoms with Crippen LogP contribution < -0.4 is 0 Å². The van der Waals surface area contributed by atoms with E-state index in [4.69, 9.17) is 5.11 Å². The molecule has 1 N–H and O–H groups in total. The van der Waals surface area contributed by atoms with Crippen molar-refractivity contribution in [1.29, 1.82) is 0 Å². The number of hydrogen-bond donors (Lipinski definition) is 1. The number of aromatic nitrogens is 2. The van der Waals surface area contributed by atoms with Crippen LogP contribution in [0, 0.1) is 0 Å². The smallest absolute Gasteiger partial charge is 0.109 e. The second-order valence-corrected chi connectivity index (χ2v) is 4.70. The van der Waals surface area contributed by atoms with Gasteiger partial charge in [0.1, 0.15) is 5.82 Å². The van der Waals surface area contributed by atoms with Crippen LogP contribution in [0.25, 0.3) is 11.0 Å². The lowest BCUT2D eigenvalue weighted by molar-refractivity contribution is 0.287. The van der Waals surface area contributed by atoms with Crippen LogP contribution in [-0.4, -0.2) is 21.3 Å². The fraction of sp³-hybridized carbons (Fsp3) is 0.533. The van der Waals surface area contributed by atoms with Crippen LogP contribution in [-0.2, 0) is 13.0 Å². The molecule has 0 atom stereocenters. The standard InChI is InChI=1S/C15H22N2O/c1-2-3-6-11-17-14-9-5-4-8-13(14)16-15(17)10-7-12-18/h4-5,8-9,18H,2-3,6-7,10-12H2,1H3. The summed E-state index contributed by atoms with van der Waals surface area (Å²) in [6.45, 7) is 3.49. The van der Waals surface area contributed by atoms with E-state index in [1.165, 1.54) is 24.8 Å². The molecule has 3 heteroatoms. The van der Waals surface area contributed by atoms with Gasteiger partial charge < -0.3 is 9.67 Å². The maximum absolute atomic E-state index is 8.97. The molecule has 98 valence electrons. The van der Waals surface area contributed by atoms with Crippen molar-refractivity contribution >= 4 is 11.0 Å². The Labute approximate surface area is 108 Å². The van der Waals surface area contributed by atoms with Crippen LogP contribution in [0.15, 0.2) is 24.3 Å². The van der Waals surface area contributed by atoms with Crippen molar-refractivity contribution in [2.45, 2.75) is 45.6 Å². The summed E-state index contributed by atoms with van der Waals surface area (Å²) in [5.74, 6) is 1.11. The lowest BCUT2D eigenvalue weighted by Gasteiger charge is -2.08. The number of rotatable bonds is 7. The molecule has 0 aliphatic carbocycles. The van der Waals surface area contributed by atoms with Crippen molar-refractivity contribution < 1.29 is 5.11 Å². The summed E-state index contributed by atoms with van der Waals surface area (Å²) in [6.07, 6.45) is 5.34. The van der Waals surface area contributed by atoms with Gasteiger partial charge in [-0.15, -0.1) is 0 Å². The molecular weight excluding hydrogens is 224 g/mol. The zero-order valence-corrected chi connectivity index (χ0v) is 11.1. The lowest BCUT2D eigenvalue weighted by Crippen LogP contribution is -2.05. The molecule has 18 heavy (non-hydrogen) atoms. The first-order valence-corrected chi connectivity index (χ1v) is 6.91. The molecule has 0 aliphatic heterocycles. The molecule has 0 saturated heterocycles. The zero-order chi connectivity index (χ0) is 12.8. The summed E-state index contributed by atoms with van der Waals surface area (Å²) in [5, 5.41) is 8.97. The van der Waals surface area contributed by atoms with E-state index in [9.17, 15) is 0 Å². The molecular formula is C15H22N2O. The van der Waals surface area contributed by atoms with Gasteiger partial charge in [0.25, 0.3) is 0 Å². The van der Waals surface area contributed by atoms with E-state index in [-0.39, 0.29) is 6.61 Å². The molecule has 0 saturated carbocycles. The number of benzene rings is 1. The van der Waals surface area contributed by atoms with E-state index in [0.29, 0.717) is 0 Å². The Kier molecular flexibility index (Phi) is 4.76. The predicted octanol–water partition coefficient (Wildman–Crippen LogP) is 3.15. The average Bonchev–Trinajstić information content (AvgIpc) is 2.75. The molecule has 0 aliphatic rings. The first-order valence-electron chi connectivity index (χ1n) is 6.91. The van der Waals surface area contributed by atoms with Gasteiger partial charge in [0.15, 0.2) is 0 Å². The highest BCUT2D eigenvalue weighted by Gasteiger charge is 2.09. The highest BCUT2D eigenvalue weighted by molar-refractivity contribution is 5.75. The van der Waals surface area contributed by atoms with Crippen LogP contribution in [0.4, 0.5) is 0 Å². The number of aliphatic hydroxyl groups is 1. The third-order valence-corrected chi connectivity index (χ3v) is 3.28. The molecule has 0 amide bonds. The normalized spacial score (nSPS) is 11.2. The van der Waals surface area contributed by atoms with Crippen LogP contribution in [0.3, 0.4) is 0 Å². The predicted molar refractivity (Wildman–Crippen MR) is 74.7 cm³/mol. The largest absolute Gasteiger partial charge is 0.396 e. The van der Waals surface area contributed by atoms with E-state index in [0.717, 1.165) is 30.7 Å². The molecule has 2 aromatic rings. The number of nitrogens with zero attached hydrogens (tertiary/aromatic N) is 2. The second kappa shape index (κ2) is 6.55. The summed E-state index contributed by atoms with van der Waals surface area (Å²) in [5.41, 5.74) is 2.29. The zero-order valence-electron chi connectivity index (χ0n) is 11.1. The molecule has 0 radical (unpaired) electrons. The van der Waals surface area contributed by atoms with Gasteiger partial charge in [0.05, 0.1) is 11.0 Å². The minimum absolute atomic E-state index is 0.234. The SMILES string of the molecule is CCCCCn1c(CCCO)nc2ccccc21. The lowest BCUT2D eigenvalue weighted by atomic mass is 10.2. The fourth-order valence-corrected chi connectivity index (χ4v) is 2.32. The number of para-hydroxylation sites is 2. The van der Waals surface area contributed by atoms with Gasteiger partial charge >= 0.3 is 0 Å².